The molecule has 0 bridgehead atoms. The number of hydrogen-bond acceptors (Lipinski definition) is 7. The Balaban J connectivity index is 0.000000671. The highest BCUT2D eigenvalue weighted by molar-refractivity contribution is 7.92. The number of alkyl halides is 3. The summed E-state index contributed by atoms with van der Waals surface area (Å²) in [5.41, 5.74) is 2.70. The maximum atomic E-state index is 13.1. The highest BCUT2D eigenvalue weighted by atomic mass is 35.5. The number of sulfonamides is 1. The molecule has 1 aliphatic rings. The minimum Gasteiger partial charge on any atom is -0.475 e. The topological polar surface area (TPSA) is 146 Å². The lowest BCUT2D eigenvalue weighted by molar-refractivity contribution is -0.192. The molecule has 0 fully saturated rings. The first-order valence-electron chi connectivity index (χ1n) is 14.0. The lowest BCUT2D eigenvalue weighted by atomic mass is 10.1. The number of benzene rings is 4. The number of carboxylic acids is 1. The van der Waals surface area contributed by atoms with Crippen molar-refractivity contribution in [2.24, 2.45) is 4.99 Å². The van der Waals surface area contributed by atoms with E-state index in [-0.39, 0.29) is 27.3 Å². The van der Waals surface area contributed by atoms with Gasteiger partial charge in [0.25, 0.3) is 15.9 Å². The Hall–Kier alpha value is -4.79. The van der Waals surface area contributed by atoms with E-state index in [0.717, 1.165) is 30.1 Å². The van der Waals surface area contributed by atoms with E-state index in [1.165, 1.54) is 30.3 Å². The van der Waals surface area contributed by atoms with E-state index in [9.17, 15) is 26.4 Å². The molecule has 0 radical (unpaired) electrons. The molecule has 5 rings (SSSR count). The summed E-state index contributed by atoms with van der Waals surface area (Å²) >= 11 is 12.2. The van der Waals surface area contributed by atoms with Crippen LogP contribution in [0.2, 0.25) is 10.0 Å². The van der Waals surface area contributed by atoms with Gasteiger partial charge < -0.3 is 20.5 Å². The molecule has 16 heteroatoms. The van der Waals surface area contributed by atoms with Crippen molar-refractivity contribution in [3.63, 3.8) is 0 Å². The van der Waals surface area contributed by atoms with Crippen LogP contribution in [0.25, 0.3) is 0 Å². The second-order valence-electron chi connectivity index (χ2n) is 9.97. The van der Waals surface area contributed by atoms with Gasteiger partial charge in [-0.25, -0.2) is 13.2 Å². The molecule has 1 amide bonds. The standard InChI is InChI=1S/C30H26Cl2N4O4S.C2HF3O2/c31-23-11-14-27(25(32)19-23)40-28-4-2-1-3-26(28)36-41(38,39)24-12-9-22(10-13-24)30(37)35-16-15-20-5-7-21(8-6-20)29-33-17-18-34-29;3-2(4,5)1(6)7/h1-14,19,36H,15-18H2,(H,33,34)(H,35,37);(H,6,7). The van der Waals surface area contributed by atoms with Gasteiger partial charge in [-0.15, -0.1) is 0 Å². The van der Waals surface area contributed by atoms with Gasteiger partial charge in [-0.1, -0.05) is 59.6 Å². The van der Waals surface area contributed by atoms with Crippen LogP contribution in [0.1, 0.15) is 21.5 Å². The van der Waals surface area contributed by atoms with Crippen molar-refractivity contribution >= 4 is 56.6 Å². The van der Waals surface area contributed by atoms with Gasteiger partial charge in [-0.05, 0) is 66.6 Å². The largest absolute Gasteiger partial charge is 0.490 e. The van der Waals surface area contributed by atoms with Gasteiger partial charge in [-0.2, -0.15) is 13.2 Å². The summed E-state index contributed by atoms with van der Waals surface area (Å²) in [5, 5.41) is 14.0. The Morgan fingerprint density at radius 1 is 0.938 bits per heavy atom. The average molecular weight is 724 g/mol. The Morgan fingerprint density at radius 3 is 2.21 bits per heavy atom. The summed E-state index contributed by atoms with van der Waals surface area (Å²) < 4.78 is 66.4. The third kappa shape index (κ3) is 10.1. The number of amides is 1. The number of amidine groups is 1. The summed E-state index contributed by atoms with van der Waals surface area (Å²) in [6, 6.07) is 25.1. The lowest BCUT2D eigenvalue weighted by Gasteiger charge is -2.14. The van der Waals surface area contributed by atoms with E-state index in [1.807, 2.05) is 24.3 Å². The van der Waals surface area contributed by atoms with E-state index < -0.39 is 22.2 Å². The molecule has 10 nitrogen and oxygen atoms in total. The van der Waals surface area contributed by atoms with Crippen LogP contribution in [0, 0.1) is 0 Å². The van der Waals surface area contributed by atoms with E-state index in [2.05, 4.69) is 20.3 Å². The maximum Gasteiger partial charge on any atom is 0.490 e. The van der Waals surface area contributed by atoms with E-state index in [1.54, 1.807) is 36.4 Å². The minimum absolute atomic E-state index is 0.00479. The lowest BCUT2D eigenvalue weighted by Crippen LogP contribution is -2.25. The first-order valence-corrected chi connectivity index (χ1v) is 16.3. The molecular weight excluding hydrogens is 696 g/mol. The van der Waals surface area contributed by atoms with Crippen molar-refractivity contribution in [2.45, 2.75) is 17.5 Å². The number of carbonyl (C=O) groups excluding carboxylic acids is 1. The zero-order chi connectivity index (χ0) is 34.9. The van der Waals surface area contributed by atoms with Crippen molar-refractivity contribution in [1.29, 1.82) is 0 Å². The van der Waals surface area contributed by atoms with Gasteiger partial charge in [-0.3, -0.25) is 14.5 Å². The number of ether oxygens (including phenoxy) is 1. The third-order valence-corrected chi connectivity index (χ3v) is 8.43. The predicted octanol–water partition coefficient (Wildman–Crippen LogP) is 6.54. The third-order valence-electron chi connectivity index (χ3n) is 6.52. The van der Waals surface area contributed by atoms with Crippen molar-refractivity contribution in [3.8, 4) is 11.5 Å². The van der Waals surface area contributed by atoms with Gasteiger partial charge in [0.05, 0.1) is 22.2 Å². The second kappa shape index (κ2) is 15.9. The number of anilines is 1. The fourth-order valence-electron chi connectivity index (χ4n) is 4.15. The van der Waals surface area contributed by atoms with Crippen LogP contribution in [0.4, 0.5) is 18.9 Å². The molecule has 4 aromatic rings. The minimum atomic E-state index is -5.08. The van der Waals surface area contributed by atoms with Gasteiger partial charge in [0.1, 0.15) is 11.6 Å². The van der Waals surface area contributed by atoms with Crippen LogP contribution in [-0.2, 0) is 21.2 Å². The molecule has 1 heterocycles. The number of nitrogens with zero attached hydrogens (tertiary/aromatic N) is 1. The maximum absolute atomic E-state index is 13.1. The highest BCUT2D eigenvalue weighted by Crippen LogP contribution is 2.35. The number of para-hydroxylation sites is 2. The number of rotatable bonds is 10. The van der Waals surface area contributed by atoms with Crippen LogP contribution in [0.3, 0.4) is 0 Å². The summed E-state index contributed by atoms with van der Waals surface area (Å²) in [7, 11) is -3.98. The molecule has 0 aliphatic carbocycles. The molecule has 0 atom stereocenters. The number of aliphatic carboxylic acids is 1. The summed E-state index contributed by atoms with van der Waals surface area (Å²) in [6.07, 6.45) is -4.43. The molecule has 252 valence electrons. The smallest absolute Gasteiger partial charge is 0.475 e. The number of nitrogens with one attached hydrogen (secondary N) is 3. The SMILES string of the molecule is O=C(NCCc1ccc(C2=NCCN2)cc1)c1ccc(S(=O)(=O)Nc2ccccc2Oc2ccc(Cl)cc2Cl)cc1.O=C(O)C(F)(F)F. The number of aliphatic imine (C=N–C) groups is 1. The monoisotopic (exact) mass is 722 g/mol. The summed E-state index contributed by atoms with van der Waals surface area (Å²) in [6.45, 7) is 2.08. The Bertz CT molecular complexity index is 1910. The number of carboxylic acid groups (broad SMARTS) is 1. The number of halogens is 5. The normalized spacial score (nSPS) is 12.6. The van der Waals surface area contributed by atoms with Crippen LogP contribution in [0.15, 0.2) is 101 Å². The number of carbonyl (C=O) groups is 2. The zero-order valence-electron chi connectivity index (χ0n) is 24.7. The van der Waals surface area contributed by atoms with Crippen molar-refractivity contribution in [2.75, 3.05) is 24.4 Å². The van der Waals surface area contributed by atoms with Gasteiger partial charge in [0.15, 0.2) is 5.75 Å². The first kappa shape index (κ1) is 36.1. The molecule has 0 aromatic heterocycles. The van der Waals surface area contributed by atoms with Gasteiger partial charge in [0, 0.05) is 29.2 Å². The zero-order valence-corrected chi connectivity index (χ0v) is 27.1. The molecule has 0 saturated carbocycles. The first-order chi connectivity index (χ1) is 22.7. The second-order valence-corrected chi connectivity index (χ2v) is 12.5. The quantitative estimate of drug-likeness (QED) is 0.145. The van der Waals surface area contributed by atoms with Gasteiger partial charge in [0.2, 0.25) is 0 Å². The molecule has 4 N–H and O–H groups in total. The molecule has 0 unspecified atom stereocenters. The Kier molecular flexibility index (Phi) is 11.9. The molecular formula is C32H27Cl2F3N4O6S. The van der Waals surface area contributed by atoms with Crippen molar-refractivity contribution in [3.05, 3.63) is 118 Å². The van der Waals surface area contributed by atoms with Crippen molar-refractivity contribution < 1.29 is 41.0 Å². The van der Waals surface area contributed by atoms with Crippen molar-refractivity contribution in [1.82, 2.24) is 10.6 Å². The van der Waals surface area contributed by atoms with E-state index >= 15 is 0 Å². The fourth-order valence-corrected chi connectivity index (χ4v) is 5.67. The van der Waals surface area contributed by atoms with E-state index in [4.69, 9.17) is 37.8 Å². The molecule has 1 aliphatic heterocycles. The van der Waals surface area contributed by atoms with Gasteiger partial charge >= 0.3 is 12.1 Å². The summed E-state index contributed by atoms with van der Waals surface area (Å²) in [4.78, 5) is 26.0. The van der Waals surface area contributed by atoms with Crippen LogP contribution in [-0.4, -0.2) is 57.0 Å². The average Bonchev–Trinajstić information content (AvgIpc) is 3.59. The molecule has 0 spiro atoms. The van der Waals surface area contributed by atoms with Crippen LogP contribution in [0.5, 0.6) is 11.5 Å². The van der Waals surface area contributed by atoms with Crippen LogP contribution >= 0.6 is 23.2 Å². The predicted molar refractivity (Wildman–Crippen MR) is 176 cm³/mol. The number of hydrogen-bond donors (Lipinski definition) is 4. The van der Waals surface area contributed by atoms with E-state index in [0.29, 0.717) is 29.3 Å². The fraction of sp³-hybridized carbons (Fsp3) is 0.156. The molecule has 0 saturated heterocycles. The molecule has 48 heavy (non-hydrogen) atoms. The van der Waals surface area contributed by atoms with Crippen LogP contribution < -0.4 is 20.1 Å². The Morgan fingerprint density at radius 2 is 1.60 bits per heavy atom. The molecule has 4 aromatic carbocycles. The Labute approximate surface area is 283 Å². The highest BCUT2D eigenvalue weighted by Gasteiger charge is 2.38. The summed E-state index contributed by atoms with van der Waals surface area (Å²) in [5.74, 6) is -1.55.